The first-order chi connectivity index (χ1) is 17.4. The van der Waals surface area contributed by atoms with E-state index in [1.807, 2.05) is 45.0 Å². The molecule has 8 nitrogen and oxygen atoms in total. The number of halogens is 1. The van der Waals surface area contributed by atoms with Gasteiger partial charge in [-0.3, -0.25) is 4.79 Å². The lowest BCUT2D eigenvalue weighted by molar-refractivity contribution is 0.0249. The van der Waals surface area contributed by atoms with Crippen LogP contribution in [0.4, 0.5) is 4.79 Å². The van der Waals surface area contributed by atoms with E-state index in [0.717, 1.165) is 11.1 Å². The third-order valence-corrected chi connectivity index (χ3v) is 7.76. The molecule has 37 heavy (non-hydrogen) atoms. The van der Waals surface area contributed by atoms with Gasteiger partial charge in [0.1, 0.15) is 16.2 Å². The van der Waals surface area contributed by atoms with Gasteiger partial charge in [-0.25, -0.2) is 17.9 Å². The number of fused-ring (bicyclic) bond motifs is 1. The molecule has 1 aliphatic heterocycles. The maximum absolute atomic E-state index is 13.0. The number of ketones is 1. The number of sulfonamides is 1. The summed E-state index contributed by atoms with van der Waals surface area (Å²) in [5.74, 6) is 0.166. The molecule has 0 aliphatic carbocycles. The Morgan fingerprint density at radius 2 is 1.86 bits per heavy atom. The van der Waals surface area contributed by atoms with Crippen LogP contribution in [-0.4, -0.2) is 57.5 Å². The second-order valence-corrected chi connectivity index (χ2v) is 12.2. The maximum atomic E-state index is 13.0. The summed E-state index contributed by atoms with van der Waals surface area (Å²) >= 11 is 6.28. The third kappa shape index (κ3) is 7.93. The van der Waals surface area contributed by atoms with E-state index >= 15 is 0 Å². The fourth-order valence-electron chi connectivity index (χ4n) is 4.05. The quantitative estimate of drug-likeness (QED) is 0.311. The van der Waals surface area contributed by atoms with Crippen LogP contribution in [0.25, 0.3) is 0 Å². The van der Waals surface area contributed by atoms with Crippen LogP contribution in [0.2, 0.25) is 5.02 Å². The van der Waals surface area contributed by atoms with E-state index < -0.39 is 21.7 Å². The minimum Gasteiger partial charge on any atom is -0.492 e. The first kappa shape index (κ1) is 28.9. The first-order valence-corrected chi connectivity index (χ1v) is 14.2. The highest BCUT2D eigenvalue weighted by atomic mass is 35.5. The van der Waals surface area contributed by atoms with E-state index in [1.54, 1.807) is 11.0 Å². The Bertz CT molecular complexity index is 1240. The van der Waals surface area contributed by atoms with Gasteiger partial charge in [0.25, 0.3) is 0 Å². The monoisotopic (exact) mass is 550 g/mol. The number of rotatable bonds is 11. The Balaban J connectivity index is 1.63. The molecule has 1 N–H and O–H groups in total. The van der Waals surface area contributed by atoms with E-state index in [1.165, 1.54) is 13.1 Å². The number of hydrogen-bond donors (Lipinski definition) is 1. The summed E-state index contributed by atoms with van der Waals surface area (Å²) in [5, 5.41) is 0.650. The van der Waals surface area contributed by atoms with E-state index in [2.05, 4.69) is 4.72 Å². The minimum atomic E-state index is -3.77. The number of unbranched alkanes of at least 4 members (excludes halogenated alkanes) is 1. The van der Waals surface area contributed by atoms with Gasteiger partial charge in [0.15, 0.2) is 5.78 Å². The molecule has 0 saturated heterocycles. The number of amides is 1. The fourth-order valence-corrected chi connectivity index (χ4v) is 5.22. The van der Waals surface area contributed by atoms with Gasteiger partial charge >= 0.3 is 6.09 Å². The van der Waals surface area contributed by atoms with Crippen molar-refractivity contribution in [2.75, 3.05) is 26.7 Å². The van der Waals surface area contributed by atoms with Gasteiger partial charge in [0.2, 0.25) is 10.0 Å². The topological polar surface area (TPSA) is 102 Å². The zero-order valence-electron chi connectivity index (χ0n) is 21.8. The molecule has 202 valence electrons. The molecule has 0 bridgehead atoms. The van der Waals surface area contributed by atoms with Gasteiger partial charge in [-0.2, -0.15) is 0 Å². The molecule has 0 saturated carbocycles. The largest absolute Gasteiger partial charge is 0.492 e. The van der Waals surface area contributed by atoms with Crippen LogP contribution in [0.5, 0.6) is 5.75 Å². The molecule has 1 amide bonds. The summed E-state index contributed by atoms with van der Waals surface area (Å²) in [4.78, 5) is 27.4. The molecule has 1 heterocycles. The Kier molecular flexibility index (Phi) is 9.61. The summed E-state index contributed by atoms with van der Waals surface area (Å²) < 4.78 is 38.3. The lowest BCUT2D eigenvalue weighted by atomic mass is 10.0. The molecular weight excluding hydrogens is 516 g/mol. The molecular formula is C27H35ClN2O6S. The van der Waals surface area contributed by atoms with Gasteiger partial charge in [-0.1, -0.05) is 29.8 Å². The smallest absolute Gasteiger partial charge is 0.410 e. The number of benzene rings is 2. The highest BCUT2D eigenvalue weighted by Gasteiger charge is 2.27. The van der Waals surface area contributed by atoms with E-state index in [0.29, 0.717) is 61.7 Å². The Morgan fingerprint density at radius 1 is 1.14 bits per heavy atom. The van der Waals surface area contributed by atoms with Crippen molar-refractivity contribution in [2.24, 2.45) is 0 Å². The normalized spacial score (nSPS) is 13.1. The van der Waals surface area contributed by atoms with Crippen LogP contribution in [0, 0.1) is 0 Å². The van der Waals surface area contributed by atoms with Crippen molar-refractivity contribution < 1.29 is 27.5 Å². The van der Waals surface area contributed by atoms with Crippen molar-refractivity contribution in [3.63, 3.8) is 0 Å². The Morgan fingerprint density at radius 3 is 2.54 bits per heavy atom. The van der Waals surface area contributed by atoms with Crippen LogP contribution in [0.1, 0.15) is 61.5 Å². The zero-order chi connectivity index (χ0) is 27.2. The summed E-state index contributed by atoms with van der Waals surface area (Å²) in [6.45, 7) is 6.70. The van der Waals surface area contributed by atoms with Gasteiger partial charge in [-0.05, 0) is 76.4 Å². The predicted molar refractivity (Wildman–Crippen MR) is 143 cm³/mol. The molecule has 2 aromatic carbocycles. The van der Waals surface area contributed by atoms with Crippen molar-refractivity contribution in [2.45, 2.75) is 63.4 Å². The predicted octanol–water partition coefficient (Wildman–Crippen LogP) is 5.02. The van der Waals surface area contributed by atoms with Crippen LogP contribution in [-0.2, 0) is 27.6 Å². The van der Waals surface area contributed by atoms with Crippen LogP contribution in [0.15, 0.2) is 41.3 Å². The highest BCUT2D eigenvalue weighted by Crippen LogP contribution is 2.34. The van der Waals surface area contributed by atoms with E-state index in [9.17, 15) is 18.0 Å². The Labute approximate surface area is 224 Å². The van der Waals surface area contributed by atoms with Crippen molar-refractivity contribution >= 4 is 33.5 Å². The summed E-state index contributed by atoms with van der Waals surface area (Å²) in [7, 11) is -2.44. The average Bonchev–Trinajstić information content (AvgIpc) is 3.31. The molecule has 2 aromatic rings. The van der Waals surface area contributed by atoms with Crippen molar-refractivity contribution in [1.82, 2.24) is 9.62 Å². The number of carbonyl (C=O) groups excluding carboxylic acids is 2. The molecule has 0 fully saturated rings. The van der Waals surface area contributed by atoms with Crippen molar-refractivity contribution in [1.29, 1.82) is 0 Å². The molecule has 0 radical (unpaired) electrons. The van der Waals surface area contributed by atoms with Gasteiger partial charge in [0, 0.05) is 36.5 Å². The third-order valence-electron chi connectivity index (χ3n) is 5.97. The van der Waals surface area contributed by atoms with E-state index in [4.69, 9.17) is 21.1 Å². The number of carbonyl (C=O) groups is 2. The molecule has 1 aliphatic rings. The fraction of sp³-hybridized carbons (Fsp3) is 0.481. The summed E-state index contributed by atoms with van der Waals surface area (Å²) in [5.41, 5.74) is 1.38. The molecule has 0 spiro atoms. The average molecular weight is 551 g/mol. The van der Waals surface area contributed by atoms with E-state index in [-0.39, 0.29) is 17.1 Å². The molecule has 3 rings (SSSR count). The molecule has 0 aromatic heterocycles. The number of nitrogens with one attached hydrogen (secondary N) is 1. The molecule has 0 unspecified atom stereocenters. The number of nitrogens with zero attached hydrogens (tertiary/aromatic N) is 1. The second kappa shape index (κ2) is 12.3. The molecule has 0 atom stereocenters. The lowest BCUT2D eigenvalue weighted by Gasteiger charge is -2.27. The second-order valence-electron chi connectivity index (χ2n) is 9.96. The van der Waals surface area contributed by atoms with Crippen molar-refractivity contribution in [3.8, 4) is 5.75 Å². The van der Waals surface area contributed by atoms with Crippen LogP contribution < -0.4 is 9.46 Å². The molecule has 10 heteroatoms. The lowest BCUT2D eigenvalue weighted by Crippen LogP contribution is -2.38. The summed E-state index contributed by atoms with van der Waals surface area (Å²) in [6.07, 6.45) is 2.07. The Hall–Kier alpha value is -2.62. The zero-order valence-corrected chi connectivity index (χ0v) is 23.4. The minimum absolute atomic E-state index is 0.0102. The first-order valence-electron chi connectivity index (χ1n) is 12.4. The van der Waals surface area contributed by atoms with Crippen LogP contribution >= 0.6 is 11.6 Å². The number of ether oxygens (including phenoxy) is 2. The van der Waals surface area contributed by atoms with Gasteiger partial charge in [-0.15, -0.1) is 0 Å². The van der Waals surface area contributed by atoms with Gasteiger partial charge < -0.3 is 14.4 Å². The van der Waals surface area contributed by atoms with Gasteiger partial charge in [0.05, 0.1) is 6.61 Å². The summed E-state index contributed by atoms with van der Waals surface area (Å²) in [6, 6.07) is 10.6. The SMILES string of the molecule is CNS(=O)(=O)c1cc(C(=O)CCCCN(CCc2ccccc2Cl)C(=O)OC(C)(C)C)cc2c1OCC2. The van der Waals surface area contributed by atoms with Crippen LogP contribution in [0.3, 0.4) is 0 Å². The standard InChI is InChI=1S/C27H35ClN2O6S/c1-27(2,3)36-26(32)30(15-12-19-9-5-6-10-22(19)28)14-8-7-11-23(31)21-17-20-13-16-35-25(20)24(18-21)37(33,34)29-4/h5-6,9-10,17-18,29H,7-8,11-16H2,1-4H3. The van der Waals surface area contributed by atoms with Crippen molar-refractivity contribution in [3.05, 3.63) is 58.1 Å². The maximum Gasteiger partial charge on any atom is 0.410 e. The number of Topliss-reactive ketones (excluding diaryl/α,β-unsaturated/α-hetero) is 1. The number of hydrogen-bond acceptors (Lipinski definition) is 6. The highest BCUT2D eigenvalue weighted by molar-refractivity contribution is 7.89.